The molecule has 0 aliphatic heterocycles. The zero-order chi connectivity index (χ0) is 16.3. The molecule has 1 heterocycles. The highest BCUT2D eigenvalue weighted by molar-refractivity contribution is 5.99. The molecule has 0 spiro atoms. The molecule has 1 atom stereocenters. The molecule has 5 heteroatoms. The maximum atomic E-state index is 12.3. The minimum absolute atomic E-state index is 0.0294. The lowest BCUT2D eigenvalue weighted by atomic mass is 9.88. The average molecular weight is 302 g/mol. The van der Waals surface area contributed by atoms with Gasteiger partial charge in [0.15, 0.2) is 0 Å². The number of carbonyl (C=O) groups is 2. The minimum atomic E-state index is -1.00. The Morgan fingerprint density at radius 2 is 2.00 bits per heavy atom. The highest BCUT2D eigenvalue weighted by atomic mass is 16.4. The normalized spacial score (nSPS) is 13.0. The fourth-order valence-electron chi connectivity index (χ4n) is 2.27. The number of aliphatic carboxylic acids is 1. The second-order valence-electron chi connectivity index (χ2n) is 6.74. The van der Waals surface area contributed by atoms with Gasteiger partial charge in [-0.3, -0.25) is 4.79 Å². The Balaban J connectivity index is 2.08. The third kappa shape index (κ3) is 4.10. The van der Waals surface area contributed by atoms with Crippen LogP contribution in [0.5, 0.6) is 0 Å². The number of carbonyl (C=O) groups excluding carboxylic acids is 1. The van der Waals surface area contributed by atoms with Crippen molar-refractivity contribution in [3.63, 3.8) is 0 Å². The number of aromatic amines is 1. The van der Waals surface area contributed by atoms with Crippen molar-refractivity contribution in [1.82, 2.24) is 10.3 Å². The Labute approximate surface area is 129 Å². The second-order valence-corrected chi connectivity index (χ2v) is 6.74. The number of rotatable bonds is 5. The Kier molecular flexibility index (Phi) is 4.54. The van der Waals surface area contributed by atoms with Crippen LogP contribution >= 0.6 is 0 Å². The number of benzene rings is 1. The van der Waals surface area contributed by atoms with Gasteiger partial charge in [0.05, 0.1) is 0 Å². The maximum absolute atomic E-state index is 12.3. The zero-order valence-electron chi connectivity index (χ0n) is 13.1. The van der Waals surface area contributed by atoms with E-state index in [1.165, 1.54) is 0 Å². The third-order valence-electron chi connectivity index (χ3n) is 3.60. The van der Waals surface area contributed by atoms with Crippen molar-refractivity contribution in [2.45, 2.75) is 39.7 Å². The summed E-state index contributed by atoms with van der Waals surface area (Å²) in [6.45, 7) is 6.15. The number of nitrogens with one attached hydrogen (secondary N) is 2. The first-order valence-electron chi connectivity index (χ1n) is 7.37. The van der Waals surface area contributed by atoms with E-state index in [1.54, 1.807) is 18.3 Å². The Morgan fingerprint density at radius 3 is 2.64 bits per heavy atom. The van der Waals surface area contributed by atoms with E-state index in [4.69, 9.17) is 0 Å². The number of fused-ring (bicyclic) bond motifs is 1. The lowest BCUT2D eigenvalue weighted by molar-refractivity contribution is -0.139. The molecule has 0 fully saturated rings. The molecule has 1 aromatic heterocycles. The van der Waals surface area contributed by atoms with Crippen molar-refractivity contribution >= 4 is 22.8 Å². The van der Waals surface area contributed by atoms with E-state index in [2.05, 4.69) is 10.3 Å². The van der Waals surface area contributed by atoms with Crippen molar-refractivity contribution in [2.24, 2.45) is 5.41 Å². The second kappa shape index (κ2) is 6.22. The number of aromatic nitrogens is 1. The van der Waals surface area contributed by atoms with Gasteiger partial charge in [-0.25, -0.2) is 4.79 Å². The van der Waals surface area contributed by atoms with Gasteiger partial charge < -0.3 is 15.4 Å². The van der Waals surface area contributed by atoms with E-state index in [9.17, 15) is 14.7 Å². The quantitative estimate of drug-likeness (QED) is 0.793. The standard InChI is InChI=1S/C17H22N2O3/c1-17(2,3)8-6-13(16(21)22)19-15(20)12-5-4-11-7-9-18-14(11)10-12/h4-5,7,9-10,13,18H,6,8H2,1-3H3,(H,19,20)(H,21,22). The molecule has 22 heavy (non-hydrogen) atoms. The van der Waals surface area contributed by atoms with Crippen LogP contribution in [0.2, 0.25) is 0 Å². The summed E-state index contributed by atoms with van der Waals surface area (Å²) in [7, 11) is 0. The van der Waals surface area contributed by atoms with E-state index in [1.807, 2.05) is 32.9 Å². The van der Waals surface area contributed by atoms with Gasteiger partial charge >= 0.3 is 5.97 Å². The van der Waals surface area contributed by atoms with Gasteiger partial charge in [0, 0.05) is 17.3 Å². The summed E-state index contributed by atoms with van der Waals surface area (Å²) in [4.78, 5) is 26.6. The smallest absolute Gasteiger partial charge is 0.326 e. The summed E-state index contributed by atoms with van der Waals surface area (Å²) in [5.41, 5.74) is 1.34. The van der Waals surface area contributed by atoms with Crippen LogP contribution in [0.4, 0.5) is 0 Å². The first-order valence-corrected chi connectivity index (χ1v) is 7.37. The molecule has 0 aliphatic rings. The molecular weight excluding hydrogens is 280 g/mol. The molecule has 2 rings (SSSR count). The van der Waals surface area contributed by atoms with E-state index in [0.717, 1.165) is 17.3 Å². The van der Waals surface area contributed by atoms with Crippen LogP contribution in [0, 0.1) is 5.41 Å². The highest BCUT2D eigenvalue weighted by Crippen LogP contribution is 2.22. The monoisotopic (exact) mass is 302 g/mol. The summed E-state index contributed by atoms with van der Waals surface area (Å²) in [5, 5.41) is 12.9. The summed E-state index contributed by atoms with van der Waals surface area (Å²) >= 11 is 0. The summed E-state index contributed by atoms with van der Waals surface area (Å²) < 4.78 is 0. The van der Waals surface area contributed by atoms with Crippen LogP contribution < -0.4 is 5.32 Å². The van der Waals surface area contributed by atoms with Gasteiger partial charge in [-0.1, -0.05) is 26.8 Å². The van der Waals surface area contributed by atoms with E-state index in [-0.39, 0.29) is 11.3 Å². The molecule has 5 nitrogen and oxygen atoms in total. The van der Waals surface area contributed by atoms with E-state index < -0.39 is 12.0 Å². The van der Waals surface area contributed by atoms with Gasteiger partial charge in [0.1, 0.15) is 6.04 Å². The van der Waals surface area contributed by atoms with Crippen molar-refractivity contribution in [3.8, 4) is 0 Å². The number of H-pyrrole nitrogens is 1. The third-order valence-corrected chi connectivity index (χ3v) is 3.60. The molecule has 1 aromatic carbocycles. The molecule has 0 radical (unpaired) electrons. The van der Waals surface area contributed by atoms with E-state index >= 15 is 0 Å². The number of carboxylic acid groups (broad SMARTS) is 1. The SMILES string of the molecule is CC(C)(C)CCC(NC(=O)c1ccc2cc[nH]c2c1)C(=O)O. The fraction of sp³-hybridized carbons (Fsp3) is 0.412. The molecular formula is C17H22N2O3. The molecule has 0 saturated heterocycles. The van der Waals surface area contributed by atoms with Gasteiger partial charge in [-0.2, -0.15) is 0 Å². The Hall–Kier alpha value is -2.30. The predicted octanol–water partition coefficient (Wildman–Crippen LogP) is 3.18. The molecule has 3 N–H and O–H groups in total. The molecule has 118 valence electrons. The Morgan fingerprint density at radius 1 is 1.27 bits per heavy atom. The fourth-order valence-corrected chi connectivity index (χ4v) is 2.27. The maximum Gasteiger partial charge on any atom is 0.326 e. The predicted molar refractivity (Wildman–Crippen MR) is 85.9 cm³/mol. The summed E-state index contributed by atoms with van der Waals surface area (Å²) in [5.74, 6) is -1.36. The van der Waals surface area contributed by atoms with Crippen LogP contribution in [0.25, 0.3) is 10.9 Å². The molecule has 1 amide bonds. The molecule has 1 unspecified atom stereocenters. The summed E-state index contributed by atoms with van der Waals surface area (Å²) in [6, 6.07) is 6.32. The zero-order valence-corrected chi connectivity index (χ0v) is 13.1. The summed E-state index contributed by atoms with van der Waals surface area (Å²) in [6.07, 6.45) is 2.94. The van der Waals surface area contributed by atoms with Crippen LogP contribution in [-0.4, -0.2) is 28.0 Å². The average Bonchev–Trinajstić information content (AvgIpc) is 2.88. The van der Waals surface area contributed by atoms with Gasteiger partial charge in [0.2, 0.25) is 0 Å². The van der Waals surface area contributed by atoms with Gasteiger partial charge in [0.25, 0.3) is 5.91 Å². The topological polar surface area (TPSA) is 82.2 Å². The minimum Gasteiger partial charge on any atom is -0.480 e. The van der Waals surface area contributed by atoms with Crippen LogP contribution in [0.1, 0.15) is 44.0 Å². The van der Waals surface area contributed by atoms with Gasteiger partial charge in [-0.15, -0.1) is 0 Å². The molecule has 0 aliphatic carbocycles. The first kappa shape index (κ1) is 16.1. The molecule has 0 bridgehead atoms. The molecule has 0 saturated carbocycles. The van der Waals surface area contributed by atoms with Crippen molar-refractivity contribution < 1.29 is 14.7 Å². The lowest BCUT2D eigenvalue weighted by Crippen LogP contribution is -2.41. The highest BCUT2D eigenvalue weighted by Gasteiger charge is 2.23. The number of carboxylic acids is 1. The van der Waals surface area contributed by atoms with Crippen LogP contribution in [-0.2, 0) is 4.79 Å². The van der Waals surface area contributed by atoms with Crippen molar-refractivity contribution in [2.75, 3.05) is 0 Å². The van der Waals surface area contributed by atoms with Crippen LogP contribution in [0.15, 0.2) is 30.5 Å². The van der Waals surface area contributed by atoms with E-state index in [0.29, 0.717) is 12.0 Å². The first-order chi connectivity index (χ1) is 10.3. The largest absolute Gasteiger partial charge is 0.480 e. The number of amides is 1. The lowest BCUT2D eigenvalue weighted by Gasteiger charge is -2.21. The number of hydrogen-bond donors (Lipinski definition) is 3. The number of hydrogen-bond acceptors (Lipinski definition) is 2. The Bertz CT molecular complexity index is 683. The van der Waals surface area contributed by atoms with Crippen LogP contribution in [0.3, 0.4) is 0 Å². The van der Waals surface area contributed by atoms with Crippen molar-refractivity contribution in [3.05, 3.63) is 36.0 Å². The molecule has 2 aromatic rings. The van der Waals surface area contributed by atoms with Gasteiger partial charge in [-0.05, 0) is 41.8 Å². The van der Waals surface area contributed by atoms with Crippen molar-refractivity contribution in [1.29, 1.82) is 0 Å².